The number of carbonyl (C=O) groups is 3. The van der Waals surface area contributed by atoms with E-state index in [0.717, 1.165) is 5.56 Å². The Balaban J connectivity index is 1.78. The number of ketones is 2. The van der Waals surface area contributed by atoms with E-state index < -0.39 is 57.9 Å². The Kier molecular flexibility index (Phi) is 4.48. The molecule has 0 heterocycles. The van der Waals surface area contributed by atoms with Crippen LogP contribution in [0.3, 0.4) is 0 Å². The van der Waals surface area contributed by atoms with Crippen molar-refractivity contribution in [1.29, 1.82) is 0 Å². The highest BCUT2D eigenvalue weighted by atomic mass is 16.3. The molecule has 1 unspecified atom stereocenters. The van der Waals surface area contributed by atoms with Gasteiger partial charge in [-0.05, 0) is 23.6 Å². The zero-order chi connectivity index (χ0) is 23.7. The number of primary amides is 1. The van der Waals surface area contributed by atoms with Crippen molar-refractivity contribution in [3.8, 4) is 5.75 Å². The predicted molar refractivity (Wildman–Crippen MR) is 115 cm³/mol. The summed E-state index contributed by atoms with van der Waals surface area (Å²) in [4.78, 5) is 38.3. The third-order valence-corrected chi connectivity index (χ3v) is 7.11. The minimum atomic E-state index is -2.58. The summed E-state index contributed by atoms with van der Waals surface area (Å²) in [6.07, 6.45) is -0.199. The lowest BCUT2D eigenvalue weighted by atomic mass is 9.57. The summed E-state index contributed by atoms with van der Waals surface area (Å²) in [6.45, 7) is 0. The average Bonchev–Trinajstić information content (AvgIpc) is 2.77. The summed E-state index contributed by atoms with van der Waals surface area (Å²) in [7, 11) is 0. The van der Waals surface area contributed by atoms with Gasteiger partial charge in [-0.3, -0.25) is 14.4 Å². The van der Waals surface area contributed by atoms with Crippen molar-refractivity contribution in [2.45, 2.75) is 24.4 Å². The Labute approximate surface area is 188 Å². The first-order chi connectivity index (χ1) is 15.7. The van der Waals surface area contributed by atoms with Gasteiger partial charge in [0.25, 0.3) is 5.91 Å². The largest absolute Gasteiger partial charge is 0.511 e. The molecule has 3 aliphatic carbocycles. The summed E-state index contributed by atoms with van der Waals surface area (Å²) in [6, 6.07) is 13.9. The van der Waals surface area contributed by atoms with Gasteiger partial charge in [-0.2, -0.15) is 0 Å². The SMILES string of the molecule is NC(=O)C1=C(O)C[C@@H]2CC3C(=C(O)[C@]2(O)C1=O)C(=O)c1c(O)cccc1[C@H]3c1ccccc1. The van der Waals surface area contributed by atoms with Crippen LogP contribution in [0.5, 0.6) is 5.75 Å². The van der Waals surface area contributed by atoms with Crippen molar-refractivity contribution in [2.75, 3.05) is 0 Å². The van der Waals surface area contributed by atoms with Gasteiger partial charge in [-0.1, -0.05) is 42.5 Å². The van der Waals surface area contributed by atoms with Gasteiger partial charge in [-0.15, -0.1) is 0 Å². The van der Waals surface area contributed by atoms with Crippen LogP contribution in [0.1, 0.15) is 40.2 Å². The van der Waals surface area contributed by atoms with Crippen molar-refractivity contribution in [3.05, 3.63) is 87.9 Å². The number of phenols is 1. The molecular weight excluding hydrogens is 426 g/mol. The van der Waals surface area contributed by atoms with Crippen molar-refractivity contribution in [1.82, 2.24) is 0 Å². The minimum Gasteiger partial charge on any atom is -0.511 e. The number of rotatable bonds is 2. The van der Waals surface area contributed by atoms with E-state index in [4.69, 9.17) is 5.73 Å². The first-order valence-corrected chi connectivity index (χ1v) is 10.5. The Morgan fingerprint density at radius 3 is 2.36 bits per heavy atom. The van der Waals surface area contributed by atoms with Crippen LogP contribution in [0, 0.1) is 11.8 Å². The molecule has 8 nitrogen and oxygen atoms in total. The fourth-order valence-electron chi connectivity index (χ4n) is 5.67. The van der Waals surface area contributed by atoms with Gasteiger partial charge < -0.3 is 26.2 Å². The number of aromatic hydroxyl groups is 1. The van der Waals surface area contributed by atoms with Crippen LogP contribution in [0.2, 0.25) is 0 Å². The molecule has 0 spiro atoms. The molecule has 2 aromatic carbocycles. The summed E-state index contributed by atoms with van der Waals surface area (Å²) in [5.41, 5.74) is 3.05. The van der Waals surface area contributed by atoms with Gasteiger partial charge in [0, 0.05) is 29.7 Å². The van der Waals surface area contributed by atoms with Crippen LogP contribution in [0.25, 0.3) is 0 Å². The molecule has 6 N–H and O–H groups in total. The summed E-state index contributed by atoms with van der Waals surface area (Å²) in [5.74, 6) is -6.95. The van der Waals surface area contributed by atoms with E-state index in [-0.39, 0.29) is 29.7 Å². The molecule has 0 bridgehead atoms. The van der Waals surface area contributed by atoms with Crippen molar-refractivity contribution in [3.63, 3.8) is 0 Å². The second-order valence-corrected chi connectivity index (χ2v) is 8.75. The fourth-order valence-corrected chi connectivity index (χ4v) is 5.67. The van der Waals surface area contributed by atoms with E-state index in [1.807, 2.05) is 30.3 Å². The molecule has 33 heavy (non-hydrogen) atoms. The normalized spacial score (nSPS) is 28.8. The van der Waals surface area contributed by atoms with E-state index in [0.29, 0.717) is 5.56 Å². The third kappa shape index (κ3) is 2.70. The lowest BCUT2D eigenvalue weighted by Crippen LogP contribution is -2.57. The number of aliphatic hydroxyl groups excluding tert-OH is 2. The Morgan fingerprint density at radius 1 is 1.00 bits per heavy atom. The highest BCUT2D eigenvalue weighted by Gasteiger charge is 2.61. The molecule has 4 atom stereocenters. The molecular formula is C25H21NO7. The fraction of sp³-hybridized carbons (Fsp3) is 0.240. The Bertz CT molecular complexity index is 1290. The maximum absolute atomic E-state index is 13.5. The van der Waals surface area contributed by atoms with Crippen LogP contribution in [0.4, 0.5) is 0 Å². The molecule has 5 rings (SSSR count). The molecule has 2 aromatic rings. The minimum absolute atomic E-state index is 0.0111. The second kappa shape index (κ2) is 7.05. The molecule has 3 aliphatic rings. The first kappa shape index (κ1) is 21.0. The number of benzene rings is 2. The van der Waals surface area contributed by atoms with Gasteiger partial charge in [0.15, 0.2) is 11.4 Å². The van der Waals surface area contributed by atoms with Crippen LogP contribution < -0.4 is 5.73 Å². The number of fused-ring (bicyclic) bond motifs is 3. The lowest BCUT2D eigenvalue weighted by Gasteiger charge is -2.48. The van der Waals surface area contributed by atoms with Crippen molar-refractivity contribution in [2.24, 2.45) is 17.6 Å². The molecule has 0 aromatic heterocycles. The van der Waals surface area contributed by atoms with E-state index in [9.17, 15) is 34.8 Å². The van der Waals surface area contributed by atoms with Gasteiger partial charge in [0.1, 0.15) is 22.8 Å². The Hall–Kier alpha value is -3.91. The standard InChI is InChI=1S/C25H21NO7/c26-24(32)20-16(28)10-12-9-14-17(11-5-2-1-3-6-11)13-7-4-8-15(27)18(13)21(29)19(14)22(30)25(12,33)23(20)31/h1-8,12,14,17,27-28,30,33H,9-10H2,(H2,26,32)/t12-,14?,17+,25-/m0/s1. The van der Waals surface area contributed by atoms with Crippen LogP contribution in [-0.4, -0.2) is 43.5 Å². The number of hydrogen-bond acceptors (Lipinski definition) is 7. The second-order valence-electron chi connectivity index (χ2n) is 8.75. The summed E-state index contributed by atoms with van der Waals surface area (Å²) in [5, 5.41) is 43.4. The Morgan fingerprint density at radius 2 is 1.70 bits per heavy atom. The van der Waals surface area contributed by atoms with E-state index >= 15 is 0 Å². The maximum atomic E-state index is 13.5. The van der Waals surface area contributed by atoms with E-state index in [2.05, 4.69) is 0 Å². The number of allylic oxidation sites excluding steroid dienone is 2. The zero-order valence-electron chi connectivity index (χ0n) is 17.4. The topological polar surface area (TPSA) is 158 Å². The van der Waals surface area contributed by atoms with Crippen LogP contribution in [0.15, 0.2) is 71.2 Å². The smallest absolute Gasteiger partial charge is 0.255 e. The molecule has 0 radical (unpaired) electrons. The molecule has 168 valence electrons. The van der Waals surface area contributed by atoms with Crippen molar-refractivity contribution >= 4 is 17.5 Å². The number of amides is 1. The summed E-state index contributed by atoms with van der Waals surface area (Å²) >= 11 is 0. The predicted octanol–water partition coefficient (Wildman–Crippen LogP) is 2.17. The quantitative estimate of drug-likeness (QED) is 0.441. The number of aliphatic hydroxyl groups is 3. The monoisotopic (exact) mass is 447 g/mol. The maximum Gasteiger partial charge on any atom is 0.255 e. The van der Waals surface area contributed by atoms with Gasteiger partial charge >= 0.3 is 0 Å². The number of carbonyl (C=O) groups excluding carboxylic acids is 3. The number of Topliss-reactive ketones (excluding diaryl/α,β-unsaturated/α-hetero) is 2. The molecule has 0 fully saturated rings. The highest BCUT2D eigenvalue weighted by molar-refractivity contribution is 6.24. The number of phenolic OH excluding ortho intramolecular Hbond substituents is 1. The number of hydrogen-bond donors (Lipinski definition) is 5. The molecule has 0 saturated carbocycles. The van der Waals surface area contributed by atoms with E-state index in [1.54, 1.807) is 12.1 Å². The number of nitrogens with two attached hydrogens (primary N) is 1. The lowest BCUT2D eigenvalue weighted by molar-refractivity contribution is -0.144. The van der Waals surface area contributed by atoms with Gasteiger partial charge in [0.05, 0.1) is 5.56 Å². The average molecular weight is 447 g/mol. The van der Waals surface area contributed by atoms with Crippen molar-refractivity contribution < 1.29 is 34.8 Å². The van der Waals surface area contributed by atoms with Crippen LogP contribution >= 0.6 is 0 Å². The summed E-state index contributed by atoms with van der Waals surface area (Å²) < 4.78 is 0. The first-order valence-electron chi connectivity index (χ1n) is 10.5. The highest BCUT2D eigenvalue weighted by Crippen LogP contribution is 2.56. The molecule has 1 amide bonds. The van der Waals surface area contributed by atoms with Crippen LogP contribution in [-0.2, 0) is 9.59 Å². The molecule has 0 aliphatic heterocycles. The van der Waals surface area contributed by atoms with Gasteiger partial charge in [-0.25, -0.2) is 0 Å². The van der Waals surface area contributed by atoms with E-state index in [1.165, 1.54) is 6.07 Å². The molecule has 0 saturated heterocycles. The zero-order valence-corrected chi connectivity index (χ0v) is 17.4. The third-order valence-electron chi connectivity index (χ3n) is 7.11. The van der Waals surface area contributed by atoms with Gasteiger partial charge in [0.2, 0.25) is 5.78 Å². The molecule has 8 heteroatoms.